The summed E-state index contributed by atoms with van der Waals surface area (Å²) in [7, 11) is 0. The molecule has 0 bridgehead atoms. The Morgan fingerprint density at radius 3 is 3.14 bits per heavy atom. The van der Waals surface area contributed by atoms with Crippen LogP contribution in [0.1, 0.15) is 34.7 Å². The van der Waals surface area contributed by atoms with Crippen molar-refractivity contribution in [2.45, 2.75) is 32.2 Å². The van der Waals surface area contributed by atoms with Gasteiger partial charge in [-0.2, -0.15) is 0 Å². The maximum absolute atomic E-state index is 3.88. The van der Waals surface area contributed by atoms with Gasteiger partial charge in [-0.25, -0.2) is 0 Å². The first-order chi connectivity index (χ1) is 6.85. The quantitative estimate of drug-likeness (QED) is 0.748. The average Bonchev–Trinajstić information content (AvgIpc) is 2.73. The highest BCUT2D eigenvalue weighted by Crippen LogP contribution is 2.33. The van der Waals surface area contributed by atoms with Gasteiger partial charge >= 0.3 is 0 Å². The van der Waals surface area contributed by atoms with E-state index in [1.165, 1.54) is 24.1 Å². The Bertz CT molecular complexity index is 306. The summed E-state index contributed by atoms with van der Waals surface area (Å²) < 4.78 is 0. The lowest BCUT2D eigenvalue weighted by molar-refractivity contribution is 0.658. The summed E-state index contributed by atoms with van der Waals surface area (Å²) in [6, 6.07) is 2.72. The normalized spacial score (nSPS) is 16.6. The molecule has 0 saturated carbocycles. The third kappa shape index (κ3) is 1.77. The molecule has 0 saturated heterocycles. The minimum Gasteiger partial charge on any atom is -0.306 e. The van der Waals surface area contributed by atoms with Crippen LogP contribution >= 0.6 is 11.3 Å². The van der Waals surface area contributed by atoms with E-state index in [2.05, 4.69) is 24.9 Å². The third-order valence-corrected chi connectivity index (χ3v) is 4.05. The summed E-state index contributed by atoms with van der Waals surface area (Å²) in [6.45, 7) is 7.02. The summed E-state index contributed by atoms with van der Waals surface area (Å²) in [5.74, 6) is 0. The molecule has 1 aliphatic rings. The first-order valence-corrected chi connectivity index (χ1v) is 6.14. The van der Waals surface area contributed by atoms with E-state index < -0.39 is 0 Å². The fourth-order valence-corrected chi connectivity index (χ4v) is 3.36. The smallest absolute Gasteiger partial charge is 0.0598 e. The molecule has 14 heavy (non-hydrogen) atoms. The predicted octanol–water partition coefficient (Wildman–Crippen LogP) is 3.07. The van der Waals surface area contributed by atoms with Gasteiger partial charge in [0, 0.05) is 9.75 Å². The number of hydrogen-bond donors (Lipinski definition) is 1. The molecule has 76 valence electrons. The molecule has 1 N–H and O–H groups in total. The van der Waals surface area contributed by atoms with E-state index in [0.717, 1.165) is 6.54 Å². The molecular formula is C12H17NS. The molecular weight excluding hydrogens is 190 g/mol. The summed E-state index contributed by atoms with van der Waals surface area (Å²) in [6.07, 6.45) is 5.92. The molecule has 1 aromatic heterocycles. The monoisotopic (exact) mass is 207 g/mol. The van der Waals surface area contributed by atoms with Crippen molar-refractivity contribution in [3.8, 4) is 0 Å². The van der Waals surface area contributed by atoms with Gasteiger partial charge < -0.3 is 5.32 Å². The number of rotatable bonds is 4. The number of aryl methyl sites for hydroxylation is 2. The van der Waals surface area contributed by atoms with Gasteiger partial charge in [0.15, 0.2) is 0 Å². The van der Waals surface area contributed by atoms with Crippen molar-refractivity contribution in [3.05, 3.63) is 34.0 Å². The average molecular weight is 207 g/mol. The molecule has 0 fully saturated rings. The summed E-state index contributed by atoms with van der Waals surface area (Å²) >= 11 is 1.96. The van der Waals surface area contributed by atoms with Crippen molar-refractivity contribution in [2.24, 2.45) is 0 Å². The van der Waals surface area contributed by atoms with E-state index in [1.807, 2.05) is 17.4 Å². The molecule has 1 aromatic rings. The number of thiophene rings is 1. The van der Waals surface area contributed by atoms with E-state index in [0.29, 0.717) is 6.04 Å². The molecule has 2 rings (SSSR count). The lowest BCUT2D eigenvalue weighted by Gasteiger charge is -2.10. The van der Waals surface area contributed by atoms with Crippen LogP contribution < -0.4 is 5.32 Å². The predicted molar refractivity (Wildman–Crippen MR) is 63.0 cm³/mol. The highest BCUT2D eigenvalue weighted by molar-refractivity contribution is 7.12. The van der Waals surface area contributed by atoms with Crippen LogP contribution in [0.15, 0.2) is 18.7 Å². The second kappa shape index (κ2) is 4.28. The zero-order valence-electron chi connectivity index (χ0n) is 8.68. The lowest BCUT2D eigenvalue weighted by Crippen LogP contribution is -2.17. The Kier molecular flexibility index (Phi) is 3.04. The van der Waals surface area contributed by atoms with Crippen LogP contribution in [-0.2, 0) is 12.8 Å². The maximum atomic E-state index is 3.88. The van der Waals surface area contributed by atoms with Gasteiger partial charge in [0.2, 0.25) is 0 Å². The van der Waals surface area contributed by atoms with Gasteiger partial charge in [-0.3, -0.25) is 0 Å². The van der Waals surface area contributed by atoms with E-state index in [4.69, 9.17) is 0 Å². The van der Waals surface area contributed by atoms with Crippen LogP contribution in [0, 0.1) is 0 Å². The van der Waals surface area contributed by atoms with Gasteiger partial charge in [-0.05, 0) is 37.4 Å². The highest BCUT2D eigenvalue weighted by Gasteiger charge is 2.17. The molecule has 0 aliphatic heterocycles. The maximum Gasteiger partial charge on any atom is 0.0598 e. The summed E-state index contributed by atoms with van der Waals surface area (Å²) in [5.41, 5.74) is 1.58. The van der Waals surface area contributed by atoms with Crippen molar-refractivity contribution >= 4 is 11.3 Å². The zero-order chi connectivity index (χ0) is 9.97. The largest absolute Gasteiger partial charge is 0.306 e. The minimum atomic E-state index is 0.357. The standard InChI is InChI=1S/C12H17NS/c1-3-10(13-4-2)12-8-9-6-5-7-11(9)14-12/h3,8,10,13H,1,4-7H2,2H3. The zero-order valence-corrected chi connectivity index (χ0v) is 9.49. The summed E-state index contributed by atoms with van der Waals surface area (Å²) in [4.78, 5) is 3.04. The Labute approximate surface area is 89.8 Å². The van der Waals surface area contributed by atoms with Crippen LogP contribution in [0.2, 0.25) is 0 Å². The number of fused-ring (bicyclic) bond motifs is 1. The van der Waals surface area contributed by atoms with Gasteiger partial charge in [-0.1, -0.05) is 13.0 Å². The van der Waals surface area contributed by atoms with Gasteiger partial charge in [-0.15, -0.1) is 17.9 Å². The van der Waals surface area contributed by atoms with E-state index in [1.54, 1.807) is 10.4 Å². The molecule has 0 amide bonds. The Morgan fingerprint density at radius 1 is 1.64 bits per heavy atom. The van der Waals surface area contributed by atoms with Gasteiger partial charge in [0.1, 0.15) is 0 Å². The fourth-order valence-electron chi connectivity index (χ4n) is 2.03. The van der Waals surface area contributed by atoms with Crippen LogP contribution in [0.5, 0.6) is 0 Å². The van der Waals surface area contributed by atoms with Gasteiger partial charge in [0.05, 0.1) is 6.04 Å². The lowest BCUT2D eigenvalue weighted by atomic mass is 10.2. The molecule has 1 heterocycles. The Hall–Kier alpha value is -0.600. The number of hydrogen-bond acceptors (Lipinski definition) is 2. The van der Waals surface area contributed by atoms with Crippen molar-refractivity contribution in [3.63, 3.8) is 0 Å². The van der Waals surface area contributed by atoms with E-state index in [9.17, 15) is 0 Å². The van der Waals surface area contributed by atoms with Gasteiger partial charge in [0.25, 0.3) is 0 Å². The molecule has 1 atom stereocenters. The summed E-state index contributed by atoms with van der Waals surface area (Å²) in [5, 5.41) is 3.43. The number of nitrogens with one attached hydrogen (secondary N) is 1. The second-order valence-electron chi connectivity index (χ2n) is 3.72. The molecule has 0 aromatic carbocycles. The van der Waals surface area contributed by atoms with Crippen molar-refractivity contribution < 1.29 is 0 Å². The second-order valence-corrected chi connectivity index (χ2v) is 4.89. The minimum absolute atomic E-state index is 0.357. The Morgan fingerprint density at radius 2 is 2.50 bits per heavy atom. The first-order valence-electron chi connectivity index (χ1n) is 5.32. The van der Waals surface area contributed by atoms with Crippen molar-refractivity contribution in [2.75, 3.05) is 6.54 Å². The molecule has 0 spiro atoms. The highest BCUT2D eigenvalue weighted by atomic mass is 32.1. The first kappa shape index (κ1) is 9.94. The van der Waals surface area contributed by atoms with E-state index >= 15 is 0 Å². The Balaban J connectivity index is 2.18. The van der Waals surface area contributed by atoms with Crippen molar-refractivity contribution in [1.29, 1.82) is 0 Å². The molecule has 1 nitrogen and oxygen atoms in total. The molecule has 1 unspecified atom stereocenters. The van der Waals surface area contributed by atoms with E-state index in [-0.39, 0.29) is 0 Å². The SMILES string of the molecule is C=CC(NCC)c1cc2c(s1)CCC2. The number of likely N-dealkylation sites (N-methyl/N-ethyl adjacent to an activating group) is 1. The fraction of sp³-hybridized carbons (Fsp3) is 0.500. The molecule has 0 radical (unpaired) electrons. The van der Waals surface area contributed by atoms with Crippen LogP contribution in [0.25, 0.3) is 0 Å². The molecule has 2 heteroatoms. The topological polar surface area (TPSA) is 12.0 Å². The van der Waals surface area contributed by atoms with Crippen LogP contribution in [0.3, 0.4) is 0 Å². The molecule has 1 aliphatic carbocycles. The van der Waals surface area contributed by atoms with Crippen LogP contribution in [-0.4, -0.2) is 6.54 Å². The van der Waals surface area contributed by atoms with Crippen LogP contribution in [0.4, 0.5) is 0 Å². The third-order valence-electron chi connectivity index (χ3n) is 2.73. The van der Waals surface area contributed by atoms with Crippen molar-refractivity contribution in [1.82, 2.24) is 5.32 Å².